The summed E-state index contributed by atoms with van der Waals surface area (Å²) in [6, 6.07) is 11.0. The minimum absolute atomic E-state index is 0.117. The Morgan fingerprint density at radius 2 is 1.80 bits per heavy atom. The maximum absolute atomic E-state index is 12.2. The summed E-state index contributed by atoms with van der Waals surface area (Å²) in [4.78, 5) is 0.117. The van der Waals surface area contributed by atoms with E-state index in [9.17, 15) is 13.5 Å². The number of hydrogen-bond acceptors (Lipinski definition) is 3. The van der Waals surface area contributed by atoms with E-state index in [-0.39, 0.29) is 11.5 Å². The fourth-order valence-electron chi connectivity index (χ4n) is 1.77. The van der Waals surface area contributed by atoms with Crippen LogP contribution in [0.4, 0.5) is 5.69 Å². The number of aryl methyl sites for hydroxylation is 1. The first-order chi connectivity index (χ1) is 9.42. The predicted octanol–water partition coefficient (Wildman–Crippen LogP) is 2.94. The zero-order valence-electron chi connectivity index (χ0n) is 10.8. The first-order valence-electron chi connectivity index (χ1n) is 5.91. The number of hydrogen-bond donors (Lipinski definition) is 2. The van der Waals surface area contributed by atoms with Gasteiger partial charge in [-0.3, -0.25) is 4.72 Å². The minimum Gasteiger partial charge on any atom is -0.392 e. The van der Waals surface area contributed by atoms with Gasteiger partial charge in [-0.15, -0.1) is 0 Å². The molecule has 2 rings (SSSR count). The van der Waals surface area contributed by atoms with Gasteiger partial charge in [-0.25, -0.2) is 8.42 Å². The largest absolute Gasteiger partial charge is 0.392 e. The molecule has 0 saturated carbocycles. The van der Waals surface area contributed by atoms with Gasteiger partial charge in [0, 0.05) is 10.6 Å². The van der Waals surface area contributed by atoms with Crippen LogP contribution in [0.3, 0.4) is 0 Å². The van der Waals surface area contributed by atoms with Crippen molar-refractivity contribution >= 4 is 27.3 Å². The van der Waals surface area contributed by atoms with E-state index >= 15 is 0 Å². The lowest BCUT2D eigenvalue weighted by molar-refractivity contribution is 0.282. The summed E-state index contributed by atoms with van der Waals surface area (Å²) in [6.45, 7) is 1.64. The number of aliphatic hydroxyl groups excluding tert-OH is 1. The molecule has 4 nitrogen and oxygen atoms in total. The van der Waals surface area contributed by atoms with Crippen molar-refractivity contribution in [2.75, 3.05) is 4.72 Å². The van der Waals surface area contributed by atoms with Gasteiger partial charge < -0.3 is 5.11 Å². The van der Waals surface area contributed by atoms with Crippen molar-refractivity contribution in [2.45, 2.75) is 18.4 Å². The van der Waals surface area contributed by atoms with E-state index in [1.807, 2.05) is 6.92 Å². The third-order valence-corrected chi connectivity index (χ3v) is 4.43. The minimum atomic E-state index is -3.70. The Labute approximate surface area is 123 Å². The summed E-state index contributed by atoms with van der Waals surface area (Å²) in [7, 11) is -3.70. The lowest BCUT2D eigenvalue weighted by Gasteiger charge is -2.12. The summed E-state index contributed by atoms with van der Waals surface area (Å²) in [5.41, 5.74) is 1.85. The molecule has 0 radical (unpaired) electrons. The number of anilines is 1. The number of nitrogens with one attached hydrogen (secondary N) is 1. The second kappa shape index (κ2) is 5.83. The second-order valence-corrected chi connectivity index (χ2v) is 6.50. The zero-order valence-corrected chi connectivity index (χ0v) is 12.4. The third kappa shape index (κ3) is 3.30. The van der Waals surface area contributed by atoms with E-state index in [1.165, 1.54) is 24.3 Å². The molecule has 20 heavy (non-hydrogen) atoms. The molecule has 2 aromatic carbocycles. The number of benzene rings is 2. The predicted molar refractivity (Wildman–Crippen MR) is 79.4 cm³/mol. The molecule has 0 unspecified atom stereocenters. The molecule has 0 spiro atoms. The summed E-state index contributed by atoms with van der Waals surface area (Å²) in [6.07, 6.45) is 0. The Kier molecular flexibility index (Phi) is 4.32. The van der Waals surface area contributed by atoms with Crippen LogP contribution in [-0.2, 0) is 16.6 Å². The Hall–Kier alpha value is -1.56. The van der Waals surface area contributed by atoms with E-state index in [2.05, 4.69) is 4.72 Å². The van der Waals surface area contributed by atoms with Gasteiger partial charge in [-0.05, 0) is 37.3 Å². The van der Waals surface area contributed by atoms with Crippen molar-refractivity contribution in [1.29, 1.82) is 0 Å². The summed E-state index contributed by atoms with van der Waals surface area (Å²) < 4.78 is 26.9. The average molecular weight is 312 g/mol. The number of rotatable bonds is 4. The van der Waals surface area contributed by atoms with Gasteiger partial charge in [0.05, 0.1) is 17.2 Å². The maximum atomic E-state index is 12.2. The van der Waals surface area contributed by atoms with Gasteiger partial charge in [0.25, 0.3) is 10.0 Å². The van der Waals surface area contributed by atoms with Crippen LogP contribution in [0.15, 0.2) is 47.4 Å². The Bertz CT molecular complexity index is 712. The van der Waals surface area contributed by atoms with Gasteiger partial charge in [-0.2, -0.15) is 0 Å². The van der Waals surface area contributed by atoms with Crippen LogP contribution in [0, 0.1) is 6.92 Å². The van der Waals surface area contributed by atoms with Crippen molar-refractivity contribution in [2.24, 2.45) is 0 Å². The lowest BCUT2D eigenvalue weighted by atomic mass is 10.1. The fraction of sp³-hybridized carbons (Fsp3) is 0.143. The SMILES string of the molecule is Cc1ccc(NS(=O)(=O)c2ccc(Cl)cc2)c(CO)c1. The molecule has 0 aliphatic heterocycles. The van der Waals surface area contributed by atoms with E-state index in [4.69, 9.17) is 11.6 Å². The third-order valence-electron chi connectivity index (χ3n) is 2.80. The van der Waals surface area contributed by atoms with Gasteiger partial charge >= 0.3 is 0 Å². The molecule has 6 heteroatoms. The van der Waals surface area contributed by atoms with Crippen molar-refractivity contribution in [3.05, 3.63) is 58.6 Å². The Morgan fingerprint density at radius 1 is 1.15 bits per heavy atom. The molecule has 2 N–H and O–H groups in total. The molecule has 0 aliphatic carbocycles. The van der Waals surface area contributed by atoms with Crippen molar-refractivity contribution in [3.63, 3.8) is 0 Å². The summed E-state index contributed by atoms with van der Waals surface area (Å²) in [5.74, 6) is 0. The van der Waals surface area contributed by atoms with E-state index < -0.39 is 10.0 Å². The first kappa shape index (κ1) is 14.8. The number of aliphatic hydroxyl groups is 1. The monoisotopic (exact) mass is 311 g/mol. The maximum Gasteiger partial charge on any atom is 0.261 e. The standard InChI is InChI=1S/C14H14ClNO3S/c1-10-2-7-14(11(8-10)9-17)16-20(18,19)13-5-3-12(15)4-6-13/h2-8,16-17H,9H2,1H3. The highest BCUT2D eigenvalue weighted by Crippen LogP contribution is 2.22. The smallest absolute Gasteiger partial charge is 0.261 e. The quantitative estimate of drug-likeness (QED) is 0.912. The normalized spacial score (nSPS) is 11.3. The molecule has 106 valence electrons. The highest BCUT2D eigenvalue weighted by Gasteiger charge is 2.15. The molecule has 0 fully saturated rings. The second-order valence-electron chi connectivity index (χ2n) is 4.38. The Morgan fingerprint density at radius 3 is 2.40 bits per heavy atom. The highest BCUT2D eigenvalue weighted by atomic mass is 35.5. The molecule has 0 atom stereocenters. The van der Waals surface area contributed by atoms with Crippen LogP contribution in [-0.4, -0.2) is 13.5 Å². The van der Waals surface area contributed by atoms with Crippen LogP contribution in [0.2, 0.25) is 5.02 Å². The topological polar surface area (TPSA) is 66.4 Å². The zero-order chi connectivity index (χ0) is 14.8. The van der Waals surface area contributed by atoms with Gasteiger partial charge in [-0.1, -0.05) is 29.3 Å². The van der Waals surface area contributed by atoms with Crippen LogP contribution in [0.1, 0.15) is 11.1 Å². The molecule has 0 heterocycles. The molecule has 0 bridgehead atoms. The van der Waals surface area contributed by atoms with Crippen LogP contribution in [0.25, 0.3) is 0 Å². The molecule has 0 saturated heterocycles. The van der Waals surface area contributed by atoms with Crippen molar-refractivity contribution in [1.82, 2.24) is 0 Å². The van der Waals surface area contributed by atoms with E-state index in [0.29, 0.717) is 16.3 Å². The van der Waals surface area contributed by atoms with Crippen LogP contribution >= 0.6 is 11.6 Å². The molecule has 0 amide bonds. The van der Waals surface area contributed by atoms with Crippen LogP contribution in [0.5, 0.6) is 0 Å². The van der Waals surface area contributed by atoms with E-state index in [0.717, 1.165) is 5.56 Å². The average Bonchev–Trinajstić information content (AvgIpc) is 2.41. The van der Waals surface area contributed by atoms with Gasteiger partial charge in [0.1, 0.15) is 0 Å². The molecular formula is C14H14ClNO3S. The molecule has 0 aliphatic rings. The number of halogens is 1. The molecule has 0 aromatic heterocycles. The van der Waals surface area contributed by atoms with Gasteiger partial charge in [0.2, 0.25) is 0 Å². The number of sulfonamides is 1. The summed E-state index contributed by atoms with van der Waals surface area (Å²) in [5, 5.41) is 9.76. The molecular weight excluding hydrogens is 298 g/mol. The fourth-order valence-corrected chi connectivity index (χ4v) is 3.00. The van der Waals surface area contributed by atoms with Crippen molar-refractivity contribution in [3.8, 4) is 0 Å². The van der Waals surface area contributed by atoms with Gasteiger partial charge in [0.15, 0.2) is 0 Å². The van der Waals surface area contributed by atoms with Crippen molar-refractivity contribution < 1.29 is 13.5 Å². The highest BCUT2D eigenvalue weighted by molar-refractivity contribution is 7.92. The lowest BCUT2D eigenvalue weighted by Crippen LogP contribution is -2.14. The van der Waals surface area contributed by atoms with E-state index in [1.54, 1.807) is 18.2 Å². The Balaban J connectivity index is 2.35. The molecule has 2 aromatic rings. The van der Waals surface area contributed by atoms with Crippen LogP contribution < -0.4 is 4.72 Å². The first-order valence-corrected chi connectivity index (χ1v) is 7.77. The summed E-state index contributed by atoms with van der Waals surface area (Å²) >= 11 is 5.74.